The molecule has 1 aliphatic rings. The van der Waals surface area contributed by atoms with Crippen molar-refractivity contribution in [1.29, 1.82) is 0 Å². The average Bonchev–Trinajstić information content (AvgIpc) is 2.64. The van der Waals surface area contributed by atoms with E-state index in [4.69, 9.17) is 4.74 Å². The van der Waals surface area contributed by atoms with Gasteiger partial charge in [0, 0.05) is 16.7 Å². The highest BCUT2D eigenvalue weighted by Gasteiger charge is 2.34. The first-order valence-electron chi connectivity index (χ1n) is 8.64. The third kappa shape index (κ3) is 5.31. The molecular weight excluding hydrogens is 432 g/mol. The van der Waals surface area contributed by atoms with Crippen LogP contribution in [0.4, 0.5) is 5.69 Å². The molecule has 144 valence electrons. The van der Waals surface area contributed by atoms with Gasteiger partial charge in [-0.3, -0.25) is 4.79 Å². The third-order valence-corrected chi connectivity index (χ3v) is 6.17. The van der Waals surface area contributed by atoms with Gasteiger partial charge in [0.25, 0.3) is 0 Å². The van der Waals surface area contributed by atoms with Crippen molar-refractivity contribution in [1.82, 2.24) is 4.31 Å². The van der Waals surface area contributed by atoms with Gasteiger partial charge >= 0.3 is 0 Å². The predicted molar refractivity (Wildman–Crippen MR) is 108 cm³/mol. The molecule has 1 atom stereocenters. The summed E-state index contributed by atoms with van der Waals surface area (Å²) in [7, 11) is -3.41. The molecule has 2 aromatic rings. The molecule has 0 spiro atoms. The van der Waals surface area contributed by atoms with Crippen LogP contribution in [0.25, 0.3) is 0 Å². The largest absolute Gasteiger partial charge is 0.457 e. The molecule has 0 aromatic heterocycles. The van der Waals surface area contributed by atoms with Gasteiger partial charge in [0.05, 0.1) is 6.26 Å². The van der Waals surface area contributed by atoms with E-state index in [1.54, 1.807) is 24.3 Å². The fourth-order valence-corrected chi connectivity index (χ4v) is 4.42. The Bertz CT molecular complexity index is 898. The molecule has 3 rings (SSSR count). The van der Waals surface area contributed by atoms with Crippen molar-refractivity contribution in [2.24, 2.45) is 0 Å². The molecule has 1 N–H and O–H groups in total. The predicted octanol–water partition coefficient (Wildman–Crippen LogP) is 3.99. The molecule has 1 aliphatic heterocycles. The van der Waals surface area contributed by atoms with Gasteiger partial charge in [-0.2, -0.15) is 4.31 Å². The second kappa shape index (κ2) is 8.41. The smallest absolute Gasteiger partial charge is 0.242 e. The number of rotatable bonds is 5. The number of anilines is 1. The molecule has 1 amide bonds. The van der Waals surface area contributed by atoms with E-state index in [1.807, 2.05) is 24.3 Å². The van der Waals surface area contributed by atoms with E-state index in [-0.39, 0.29) is 5.91 Å². The van der Waals surface area contributed by atoms with E-state index in [0.717, 1.165) is 23.6 Å². The Hall–Kier alpha value is -1.90. The summed E-state index contributed by atoms with van der Waals surface area (Å²) >= 11 is 3.38. The minimum Gasteiger partial charge on any atom is -0.457 e. The molecule has 1 heterocycles. The summed E-state index contributed by atoms with van der Waals surface area (Å²) in [6.45, 7) is 0.386. The van der Waals surface area contributed by atoms with E-state index in [2.05, 4.69) is 21.2 Å². The molecule has 0 radical (unpaired) electrons. The van der Waals surface area contributed by atoms with E-state index in [1.165, 1.54) is 4.31 Å². The number of hydrogen-bond acceptors (Lipinski definition) is 4. The highest BCUT2D eigenvalue weighted by molar-refractivity contribution is 9.10. The molecule has 0 bridgehead atoms. The van der Waals surface area contributed by atoms with Crippen LogP contribution in [-0.4, -0.2) is 37.5 Å². The lowest BCUT2D eigenvalue weighted by Crippen LogP contribution is -2.49. The van der Waals surface area contributed by atoms with Crippen molar-refractivity contribution < 1.29 is 17.9 Å². The highest BCUT2D eigenvalue weighted by Crippen LogP contribution is 2.25. The maximum absolute atomic E-state index is 12.6. The lowest BCUT2D eigenvalue weighted by Gasteiger charge is -2.32. The van der Waals surface area contributed by atoms with Crippen LogP contribution in [0.1, 0.15) is 19.3 Å². The van der Waals surface area contributed by atoms with E-state index >= 15 is 0 Å². The van der Waals surface area contributed by atoms with Gasteiger partial charge in [0.15, 0.2) is 0 Å². The summed E-state index contributed by atoms with van der Waals surface area (Å²) in [6.07, 6.45) is 3.29. The Morgan fingerprint density at radius 2 is 1.67 bits per heavy atom. The Balaban J connectivity index is 1.65. The molecule has 27 heavy (non-hydrogen) atoms. The number of carbonyl (C=O) groups is 1. The second-order valence-electron chi connectivity index (χ2n) is 6.45. The summed E-state index contributed by atoms with van der Waals surface area (Å²) in [6, 6.07) is 13.8. The molecule has 1 unspecified atom stereocenters. The summed E-state index contributed by atoms with van der Waals surface area (Å²) in [5.41, 5.74) is 0.599. The van der Waals surface area contributed by atoms with Crippen LogP contribution in [0, 0.1) is 0 Å². The Kier molecular flexibility index (Phi) is 6.18. The molecule has 1 fully saturated rings. The van der Waals surface area contributed by atoms with Crippen molar-refractivity contribution in [2.75, 3.05) is 18.1 Å². The van der Waals surface area contributed by atoms with Gasteiger partial charge in [0.1, 0.15) is 17.5 Å². The zero-order valence-electron chi connectivity index (χ0n) is 14.9. The maximum Gasteiger partial charge on any atom is 0.242 e. The number of nitrogens with one attached hydrogen (secondary N) is 1. The number of amides is 1. The van der Waals surface area contributed by atoms with Gasteiger partial charge in [-0.1, -0.05) is 22.4 Å². The van der Waals surface area contributed by atoms with Crippen LogP contribution < -0.4 is 10.1 Å². The molecule has 2 aromatic carbocycles. The van der Waals surface area contributed by atoms with Crippen molar-refractivity contribution >= 4 is 37.5 Å². The summed E-state index contributed by atoms with van der Waals surface area (Å²) in [5.74, 6) is 1.05. The fraction of sp³-hybridized carbons (Fsp3) is 0.316. The fourth-order valence-electron chi connectivity index (χ4n) is 3.03. The van der Waals surface area contributed by atoms with Gasteiger partial charge in [0.2, 0.25) is 15.9 Å². The molecule has 8 heteroatoms. The van der Waals surface area contributed by atoms with E-state index in [9.17, 15) is 13.2 Å². The van der Waals surface area contributed by atoms with Crippen molar-refractivity contribution in [3.8, 4) is 11.5 Å². The Morgan fingerprint density at radius 3 is 2.26 bits per heavy atom. The van der Waals surface area contributed by atoms with Crippen LogP contribution in [0.3, 0.4) is 0 Å². The minimum atomic E-state index is -3.41. The second-order valence-corrected chi connectivity index (χ2v) is 9.31. The topological polar surface area (TPSA) is 75.7 Å². The molecular formula is C19H21BrN2O4S. The van der Waals surface area contributed by atoms with E-state index in [0.29, 0.717) is 30.2 Å². The summed E-state index contributed by atoms with van der Waals surface area (Å²) in [4.78, 5) is 12.6. The van der Waals surface area contributed by atoms with E-state index < -0.39 is 16.1 Å². The standard InChI is InChI=1S/C19H21BrN2O4S/c1-27(24,25)22-13-3-2-4-18(22)19(23)21-15-7-11-17(12-8-15)26-16-9-5-14(20)6-10-16/h5-12,18H,2-4,13H2,1H3,(H,21,23). The number of benzene rings is 2. The molecule has 1 saturated heterocycles. The Labute approximate surface area is 167 Å². The zero-order valence-corrected chi connectivity index (χ0v) is 17.3. The number of piperidine rings is 1. The molecule has 0 aliphatic carbocycles. The van der Waals surface area contributed by atoms with Gasteiger partial charge in [-0.25, -0.2) is 8.42 Å². The van der Waals surface area contributed by atoms with Gasteiger partial charge in [-0.15, -0.1) is 0 Å². The van der Waals surface area contributed by atoms with Crippen molar-refractivity contribution in [3.63, 3.8) is 0 Å². The first-order valence-corrected chi connectivity index (χ1v) is 11.3. The van der Waals surface area contributed by atoms with Crippen LogP contribution in [0.5, 0.6) is 11.5 Å². The van der Waals surface area contributed by atoms with Crippen LogP contribution in [-0.2, 0) is 14.8 Å². The number of sulfonamides is 1. The van der Waals surface area contributed by atoms with Crippen molar-refractivity contribution in [3.05, 3.63) is 53.0 Å². The quantitative estimate of drug-likeness (QED) is 0.743. The van der Waals surface area contributed by atoms with Crippen LogP contribution in [0.15, 0.2) is 53.0 Å². The molecule has 6 nitrogen and oxygen atoms in total. The molecule has 0 saturated carbocycles. The van der Waals surface area contributed by atoms with Crippen LogP contribution >= 0.6 is 15.9 Å². The number of halogens is 1. The highest BCUT2D eigenvalue weighted by atomic mass is 79.9. The normalized spacial score (nSPS) is 18.1. The number of ether oxygens (including phenoxy) is 1. The Morgan fingerprint density at radius 1 is 1.07 bits per heavy atom. The third-order valence-electron chi connectivity index (χ3n) is 4.35. The van der Waals surface area contributed by atoms with Gasteiger partial charge < -0.3 is 10.1 Å². The monoisotopic (exact) mass is 452 g/mol. The first-order chi connectivity index (χ1) is 12.8. The maximum atomic E-state index is 12.6. The number of nitrogens with zero attached hydrogens (tertiary/aromatic N) is 1. The average molecular weight is 453 g/mol. The lowest BCUT2D eigenvalue weighted by atomic mass is 10.0. The minimum absolute atomic E-state index is 0.304. The SMILES string of the molecule is CS(=O)(=O)N1CCCCC1C(=O)Nc1ccc(Oc2ccc(Br)cc2)cc1. The number of hydrogen-bond donors (Lipinski definition) is 1. The summed E-state index contributed by atoms with van der Waals surface area (Å²) in [5, 5.41) is 2.81. The zero-order chi connectivity index (χ0) is 19.4. The van der Waals surface area contributed by atoms with Crippen molar-refractivity contribution in [2.45, 2.75) is 25.3 Å². The first kappa shape index (κ1) is 19.9. The number of carbonyl (C=O) groups excluding carboxylic acids is 1. The summed E-state index contributed by atoms with van der Waals surface area (Å²) < 4.78 is 31.8. The van der Waals surface area contributed by atoms with Gasteiger partial charge in [-0.05, 0) is 61.4 Å². The van der Waals surface area contributed by atoms with Crippen LogP contribution in [0.2, 0.25) is 0 Å². The lowest BCUT2D eigenvalue weighted by molar-refractivity contribution is -0.120.